The number of pyridine rings is 1. The van der Waals surface area contributed by atoms with Crippen LogP contribution in [0.15, 0.2) is 97.3 Å². The van der Waals surface area contributed by atoms with Crippen molar-refractivity contribution in [3.05, 3.63) is 136 Å². The third-order valence-electron chi connectivity index (χ3n) is 7.86. The van der Waals surface area contributed by atoms with Crippen molar-refractivity contribution in [3.63, 3.8) is 0 Å². The van der Waals surface area contributed by atoms with Gasteiger partial charge < -0.3 is 19.7 Å². The highest BCUT2D eigenvalue weighted by Gasteiger charge is 2.58. The number of carbonyl (C=O) groups is 3. The van der Waals surface area contributed by atoms with Crippen LogP contribution in [-0.4, -0.2) is 52.9 Å². The Labute approximate surface area is 257 Å². The molecule has 230 valence electrons. The largest absolute Gasteiger partial charge is 0.490 e. The lowest BCUT2D eigenvalue weighted by molar-refractivity contribution is -0.385. The number of aromatic nitrogens is 1. The first-order chi connectivity index (χ1) is 21.7. The molecule has 1 aliphatic heterocycles. The zero-order valence-corrected chi connectivity index (χ0v) is 24.3. The molecule has 0 saturated carbocycles. The maximum absolute atomic E-state index is 14.4. The van der Waals surface area contributed by atoms with Gasteiger partial charge in [0.05, 0.1) is 36.7 Å². The molecule has 4 atom stereocenters. The third-order valence-corrected chi connectivity index (χ3v) is 7.86. The molecule has 1 N–H and O–H groups in total. The summed E-state index contributed by atoms with van der Waals surface area (Å²) in [5, 5.41) is 14.9. The van der Waals surface area contributed by atoms with E-state index in [1.165, 1.54) is 80.0 Å². The van der Waals surface area contributed by atoms with Gasteiger partial charge >= 0.3 is 11.7 Å². The van der Waals surface area contributed by atoms with Gasteiger partial charge in [0.1, 0.15) is 11.9 Å². The highest BCUT2D eigenvalue weighted by atomic mass is 19.1. The SMILES string of the molecule is COC(=O)C1C(c2ccccc2)C(C(=O)NCc2ccc(F)cc2)N(C(=O)c2cccnc2)C1c1ccc(OC)c([N+](=O)[O-])c1. The first-order valence-corrected chi connectivity index (χ1v) is 13.9. The standard InChI is InChI=1S/C33H29FN4O7/c1-44-26-15-12-22(17-25(26)38(42)43)29-28(33(41)45-2)27(21-7-4-3-5-8-21)30(37(29)32(40)23-9-6-16-35-19-23)31(39)36-18-20-10-13-24(34)14-11-20/h3-17,19,27-30H,18H2,1-2H3,(H,36,39). The van der Waals surface area contributed by atoms with Gasteiger partial charge in [-0.25, -0.2) is 4.39 Å². The van der Waals surface area contributed by atoms with Gasteiger partial charge in [0.2, 0.25) is 5.91 Å². The van der Waals surface area contributed by atoms with Crippen molar-refractivity contribution in [3.8, 4) is 5.75 Å². The van der Waals surface area contributed by atoms with Crippen molar-refractivity contribution < 1.29 is 33.2 Å². The number of esters is 1. The van der Waals surface area contributed by atoms with Crippen LogP contribution in [0, 0.1) is 21.8 Å². The molecular weight excluding hydrogens is 583 g/mol. The molecule has 4 aromatic rings. The Bertz CT molecular complexity index is 1700. The van der Waals surface area contributed by atoms with Crippen LogP contribution in [0.3, 0.4) is 0 Å². The van der Waals surface area contributed by atoms with Gasteiger partial charge in [0.25, 0.3) is 5.91 Å². The summed E-state index contributed by atoms with van der Waals surface area (Å²) < 4.78 is 24.0. The molecule has 12 heteroatoms. The molecule has 3 aromatic carbocycles. The Balaban J connectivity index is 1.72. The van der Waals surface area contributed by atoms with Crippen LogP contribution >= 0.6 is 0 Å². The van der Waals surface area contributed by atoms with E-state index in [1.807, 2.05) is 0 Å². The van der Waals surface area contributed by atoms with Gasteiger partial charge in [-0.1, -0.05) is 48.5 Å². The van der Waals surface area contributed by atoms with Crippen LogP contribution in [0.2, 0.25) is 0 Å². The van der Waals surface area contributed by atoms with Gasteiger partial charge in [-0.2, -0.15) is 0 Å². The quantitative estimate of drug-likeness (QED) is 0.164. The molecule has 45 heavy (non-hydrogen) atoms. The van der Waals surface area contributed by atoms with E-state index in [1.54, 1.807) is 36.4 Å². The summed E-state index contributed by atoms with van der Waals surface area (Å²) in [6.07, 6.45) is 2.83. The van der Waals surface area contributed by atoms with E-state index < -0.39 is 52.4 Å². The molecule has 1 saturated heterocycles. The predicted octanol–water partition coefficient (Wildman–Crippen LogP) is 4.59. The average molecular weight is 613 g/mol. The highest BCUT2D eigenvalue weighted by molar-refractivity contribution is 6.00. The average Bonchev–Trinajstić information content (AvgIpc) is 3.44. The van der Waals surface area contributed by atoms with E-state index in [4.69, 9.17) is 9.47 Å². The summed E-state index contributed by atoms with van der Waals surface area (Å²) in [5.41, 5.74) is 1.16. The first-order valence-electron chi connectivity index (χ1n) is 13.9. The zero-order valence-electron chi connectivity index (χ0n) is 24.3. The van der Waals surface area contributed by atoms with Gasteiger partial charge in [-0.15, -0.1) is 0 Å². The fraction of sp³-hybridized carbons (Fsp3) is 0.212. The van der Waals surface area contributed by atoms with Crippen LogP contribution in [0.1, 0.15) is 39.0 Å². The second-order valence-electron chi connectivity index (χ2n) is 10.4. The van der Waals surface area contributed by atoms with E-state index in [0.717, 1.165) is 0 Å². The van der Waals surface area contributed by atoms with Crippen LogP contribution in [0.25, 0.3) is 0 Å². The van der Waals surface area contributed by atoms with Crippen molar-refractivity contribution in [1.82, 2.24) is 15.2 Å². The molecular formula is C33H29FN4O7. The zero-order chi connectivity index (χ0) is 32.1. The van der Waals surface area contributed by atoms with Crippen molar-refractivity contribution in [2.75, 3.05) is 14.2 Å². The molecule has 0 radical (unpaired) electrons. The molecule has 11 nitrogen and oxygen atoms in total. The minimum atomic E-state index is -1.28. The van der Waals surface area contributed by atoms with E-state index in [-0.39, 0.29) is 29.1 Å². The van der Waals surface area contributed by atoms with Crippen LogP contribution in [0.5, 0.6) is 5.75 Å². The summed E-state index contributed by atoms with van der Waals surface area (Å²) in [5.74, 6) is -4.48. The second-order valence-corrected chi connectivity index (χ2v) is 10.4. The molecule has 5 rings (SSSR count). The molecule has 0 spiro atoms. The summed E-state index contributed by atoms with van der Waals surface area (Å²) in [6, 6.07) is 19.1. The summed E-state index contributed by atoms with van der Waals surface area (Å²) in [7, 11) is 2.49. The lowest BCUT2D eigenvalue weighted by atomic mass is 9.79. The van der Waals surface area contributed by atoms with Gasteiger partial charge in [-0.05, 0) is 47.0 Å². The van der Waals surface area contributed by atoms with Gasteiger partial charge in [0.15, 0.2) is 5.75 Å². The van der Waals surface area contributed by atoms with Crippen molar-refractivity contribution >= 4 is 23.5 Å². The molecule has 4 unspecified atom stereocenters. The number of nitrogens with zero attached hydrogens (tertiary/aromatic N) is 3. The molecule has 1 fully saturated rings. The molecule has 2 amide bonds. The summed E-state index contributed by atoms with van der Waals surface area (Å²) >= 11 is 0. The monoisotopic (exact) mass is 612 g/mol. The Morgan fingerprint density at radius 1 is 0.978 bits per heavy atom. The molecule has 1 aromatic heterocycles. The number of nitro benzene ring substituents is 1. The number of halogens is 1. The number of benzene rings is 3. The van der Waals surface area contributed by atoms with E-state index in [0.29, 0.717) is 11.1 Å². The van der Waals surface area contributed by atoms with Crippen molar-refractivity contribution in [2.24, 2.45) is 5.92 Å². The number of nitro groups is 1. The maximum Gasteiger partial charge on any atom is 0.311 e. The van der Waals surface area contributed by atoms with Crippen molar-refractivity contribution in [1.29, 1.82) is 0 Å². The van der Waals surface area contributed by atoms with Crippen LogP contribution < -0.4 is 10.1 Å². The van der Waals surface area contributed by atoms with E-state index in [2.05, 4.69) is 10.3 Å². The minimum Gasteiger partial charge on any atom is -0.490 e. The third kappa shape index (κ3) is 6.21. The number of rotatable bonds is 9. The van der Waals surface area contributed by atoms with Crippen LogP contribution in [0.4, 0.5) is 10.1 Å². The van der Waals surface area contributed by atoms with Crippen molar-refractivity contribution in [2.45, 2.75) is 24.5 Å². The fourth-order valence-electron chi connectivity index (χ4n) is 5.87. The Hall–Kier alpha value is -5.65. The molecule has 0 aliphatic carbocycles. The number of hydrogen-bond acceptors (Lipinski definition) is 8. The van der Waals surface area contributed by atoms with E-state index in [9.17, 15) is 28.9 Å². The fourth-order valence-corrected chi connectivity index (χ4v) is 5.87. The number of amides is 2. The topological polar surface area (TPSA) is 141 Å². The maximum atomic E-state index is 14.4. The van der Waals surface area contributed by atoms with Crippen LogP contribution in [-0.2, 0) is 20.9 Å². The first kappa shape index (κ1) is 30.8. The smallest absolute Gasteiger partial charge is 0.311 e. The highest BCUT2D eigenvalue weighted by Crippen LogP contribution is 2.52. The number of ether oxygens (including phenoxy) is 2. The number of carbonyl (C=O) groups excluding carboxylic acids is 3. The van der Waals surface area contributed by atoms with Gasteiger partial charge in [-0.3, -0.25) is 29.5 Å². The molecule has 2 heterocycles. The molecule has 0 bridgehead atoms. The number of nitrogens with one attached hydrogen (secondary N) is 1. The van der Waals surface area contributed by atoms with E-state index >= 15 is 0 Å². The lowest BCUT2D eigenvalue weighted by Gasteiger charge is -2.31. The number of methoxy groups -OCH3 is 2. The minimum absolute atomic E-state index is 0.00755. The number of hydrogen-bond donors (Lipinski definition) is 1. The number of likely N-dealkylation sites (tertiary alicyclic amines) is 1. The summed E-state index contributed by atoms with van der Waals surface area (Å²) in [6.45, 7) is 0.00755. The Morgan fingerprint density at radius 2 is 1.71 bits per heavy atom. The normalized spacial score (nSPS) is 19.0. The summed E-state index contributed by atoms with van der Waals surface area (Å²) in [4.78, 5) is 59.1. The Morgan fingerprint density at radius 3 is 2.33 bits per heavy atom. The Kier molecular flexibility index (Phi) is 9.12. The second kappa shape index (κ2) is 13.3. The molecule has 1 aliphatic rings. The lowest BCUT2D eigenvalue weighted by Crippen LogP contribution is -2.48. The predicted molar refractivity (Wildman–Crippen MR) is 160 cm³/mol. The van der Waals surface area contributed by atoms with Gasteiger partial charge in [0, 0.05) is 30.9 Å².